The second-order valence-corrected chi connectivity index (χ2v) is 5.08. The van der Waals surface area contributed by atoms with Crippen molar-refractivity contribution in [1.82, 2.24) is 0 Å². The van der Waals surface area contributed by atoms with Crippen LogP contribution < -0.4 is 4.90 Å². The van der Waals surface area contributed by atoms with Crippen LogP contribution in [-0.2, 0) is 5.88 Å². The molecule has 0 aliphatic carbocycles. The SMILES string of the molecule is CC(C)CCN(C)c1ccc([N+](=O)[O-])cc1CCl. The first-order valence-electron chi connectivity index (χ1n) is 6.00. The Morgan fingerprint density at radius 3 is 2.61 bits per heavy atom. The molecule has 0 N–H and O–H groups in total. The van der Waals surface area contributed by atoms with E-state index in [0.29, 0.717) is 5.92 Å². The Balaban J connectivity index is 2.91. The van der Waals surface area contributed by atoms with Gasteiger partial charge >= 0.3 is 0 Å². The molecular formula is C13H19ClN2O2. The van der Waals surface area contributed by atoms with Crippen molar-refractivity contribution in [2.75, 3.05) is 18.5 Å². The Morgan fingerprint density at radius 2 is 2.11 bits per heavy atom. The maximum Gasteiger partial charge on any atom is 0.269 e. The summed E-state index contributed by atoms with van der Waals surface area (Å²) in [6, 6.07) is 4.85. The van der Waals surface area contributed by atoms with E-state index in [9.17, 15) is 10.1 Å². The van der Waals surface area contributed by atoms with E-state index in [-0.39, 0.29) is 11.6 Å². The molecule has 0 spiro atoms. The number of nitro benzene ring substituents is 1. The average Bonchev–Trinajstić information content (AvgIpc) is 2.34. The topological polar surface area (TPSA) is 46.4 Å². The molecule has 0 aliphatic heterocycles. The Kier molecular flexibility index (Phi) is 5.41. The van der Waals surface area contributed by atoms with Crippen LogP contribution in [0.1, 0.15) is 25.8 Å². The number of rotatable bonds is 6. The van der Waals surface area contributed by atoms with Crippen molar-refractivity contribution in [3.63, 3.8) is 0 Å². The lowest BCUT2D eigenvalue weighted by atomic mass is 10.1. The lowest BCUT2D eigenvalue weighted by Gasteiger charge is -2.22. The summed E-state index contributed by atoms with van der Waals surface area (Å²) in [7, 11) is 1.99. The Morgan fingerprint density at radius 1 is 1.44 bits per heavy atom. The summed E-state index contributed by atoms with van der Waals surface area (Å²) in [4.78, 5) is 12.4. The second kappa shape index (κ2) is 6.59. The molecule has 100 valence electrons. The lowest BCUT2D eigenvalue weighted by Crippen LogP contribution is -2.21. The average molecular weight is 271 g/mol. The van der Waals surface area contributed by atoms with Crippen LogP contribution >= 0.6 is 11.6 Å². The fourth-order valence-corrected chi connectivity index (χ4v) is 1.95. The van der Waals surface area contributed by atoms with Crippen molar-refractivity contribution in [3.8, 4) is 0 Å². The molecule has 1 rings (SSSR count). The number of non-ortho nitro benzene ring substituents is 1. The summed E-state index contributed by atoms with van der Waals surface area (Å²) in [6.07, 6.45) is 1.08. The molecular weight excluding hydrogens is 252 g/mol. The highest BCUT2D eigenvalue weighted by Gasteiger charge is 2.13. The van der Waals surface area contributed by atoms with Gasteiger partial charge in [-0.15, -0.1) is 11.6 Å². The van der Waals surface area contributed by atoms with Gasteiger partial charge in [0.25, 0.3) is 5.69 Å². The first-order chi connectivity index (χ1) is 8.45. The second-order valence-electron chi connectivity index (χ2n) is 4.81. The number of benzene rings is 1. The minimum absolute atomic E-state index is 0.0895. The summed E-state index contributed by atoms with van der Waals surface area (Å²) < 4.78 is 0. The van der Waals surface area contributed by atoms with E-state index in [1.54, 1.807) is 12.1 Å². The number of anilines is 1. The molecule has 0 aromatic heterocycles. The standard InChI is InChI=1S/C13H19ClN2O2/c1-10(2)6-7-15(3)13-5-4-12(16(17)18)8-11(13)9-14/h4-5,8,10H,6-7,9H2,1-3H3. The zero-order chi connectivity index (χ0) is 13.7. The summed E-state index contributed by atoms with van der Waals surface area (Å²) in [6.45, 7) is 5.26. The quantitative estimate of drug-likeness (QED) is 0.448. The molecule has 0 aliphatic rings. The van der Waals surface area contributed by atoms with Gasteiger partial charge in [-0.05, 0) is 24.0 Å². The van der Waals surface area contributed by atoms with Gasteiger partial charge in [0.15, 0.2) is 0 Å². The summed E-state index contributed by atoms with van der Waals surface area (Å²) in [5.74, 6) is 0.910. The molecule has 4 nitrogen and oxygen atoms in total. The minimum atomic E-state index is -0.395. The van der Waals surface area contributed by atoms with E-state index < -0.39 is 4.92 Å². The molecule has 0 atom stereocenters. The third-order valence-corrected chi connectivity index (χ3v) is 3.16. The van der Waals surface area contributed by atoms with Crippen molar-refractivity contribution in [3.05, 3.63) is 33.9 Å². The highest BCUT2D eigenvalue weighted by Crippen LogP contribution is 2.26. The molecule has 18 heavy (non-hydrogen) atoms. The number of alkyl halides is 1. The van der Waals surface area contributed by atoms with Crippen LogP contribution in [0.5, 0.6) is 0 Å². The maximum absolute atomic E-state index is 10.7. The number of nitrogens with zero attached hydrogens (tertiary/aromatic N) is 2. The zero-order valence-corrected chi connectivity index (χ0v) is 11.8. The molecule has 1 aromatic carbocycles. The van der Waals surface area contributed by atoms with Crippen LogP contribution in [0.4, 0.5) is 11.4 Å². The van der Waals surface area contributed by atoms with Gasteiger partial charge < -0.3 is 4.90 Å². The monoisotopic (exact) mass is 270 g/mol. The van der Waals surface area contributed by atoms with Crippen molar-refractivity contribution in [1.29, 1.82) is 0 Å². The summed E-state index contributed by atoms with van der Waals surface area (Å²) >= 11 is 5.87. The third kappa shape index (κ3) is 3.88. The van der Waals surface area contributed by atoms with Crippen LogP contribution in [0, 0.1) is 16.0 Å². The van der Waals surface area contributed by atoms with Gasteiger partial charge in [0.05, 0.1) is 4.92 Å². The third-order valence-electron chi connectivity index (χ3n) is 2.87. The first-order valence-corrected chi connectivity index (χ1v) is 6.53. The number of halogens is 1. The maximum atomic E-state index is 10.7. The predicted octanol–water partition coefficient (Wildman–Crippen LogP) is 3.82. The van der Waals surface area contributed by atoms with Gasteiger partial charge in [-0.3, -0.25) is 10.1 Å². The zero-order valence-electron chi connectivity index (χ0n) is 11.0. The van der Waals surface area contributed by atoms with Crippen molar-refractivity contribution in [2.24, 2.45) is 5.92 Å². The molecule has 0 radical (unpaired) electrons. The van der Waals surface area contributed by atoms with E-state index >= 15 is 0 Å². The van der Waals surface area contributed by atoms with E-state index in [1.165, 1.54) is 6.07 Å². The number of hydrogen-bond acceptors (Lipinski definition) is 3. The van der Waals surface area contributed by atoms with Gasteiger partial charge in [0.2, 0.25) is 0 Å². The molecule has 0 amide bonds. The summed E-state index contributed by atoms with van der Waals surface area (Å²) in [5, 5.41) is 10.7. The Hall–Kier alpha value is -1.29. The predicted molar refractivity (Wildman–Crippen MR) is 75.4 cm³/mol. The van der Waals surface area contributed by atoms with Gasteiger partial charge in [-0.25, -0.2) is 0 Å². The van der Waals surface area contributed by atoms with E-state index in [2.05, 4.69) is 18.7 Å². The minimum Gasteiger partial charge on any atom is -0.374 e. The molecule has 0 fully saturated rings. The molecule has 5 heteroatoms. The highest BCUT2D eigenvalue weighted by atomic mass is 35.5. The van der Waals surface area contributed by atoms with Crippen molar-refractivity contribution < 1.29 is 4.92 Å². The normalized spacial score (nSPS) is 10.7. The smallest absolute Gasteiger partial charge is 0.269 e. The van der Waals surface area contributed by atoms with E-state index in [4.69, 9.17) is 11.6 Å². The van der Waals surface area contributed by atoms with E-state index in [1.807, 2.05) is 7.05 Å². The fourth-order valence-electron chi connectivity index (χ4n) is 1.74. The molecule has 0 unspecified atom stereocenters. The molecule has 0 saturated carbocycles. The van der Waals surface area contributed by atoms with Crippen LogP contribution in [0.3, 0.4) is 0 Å². The first kappa shape index (κ1) is 14.8. The number of nitro groups is 1. The number of hydrogen-bond donors (Lipinski definition) is 0. The summed E-state index contributed by atoms with van der Waals surface area (Å²) in [5.41, 5.74) is 1.86. The van der Waals surface area contributed by atoms with Crippen LogP contribution in [-0.4, -0.2) is 18.5 Å². The van der Waals surface area contributed by atoms with Crippen LogP contribution in [0.25, 0.3) is 0 Å². The Labute approximate surface area is 113 Å². The molecule has 0 heterocycles. The molecule has 1 aromatic rings. The molecule has 0 saturated heterocycles. The fraction of sp³-hybridized carbons (Fsp3) is 0.538. The van der Waals surface area contributed by atoms with Gasteiger partial charge in [-0.2, -0.15) is 0 Å². The van der Waals surface area contributed by atoms with Gasteiger partial charge in [0.1, 0.15) is 0 Å². The van der Waals surface area contributed by atoms with Gasteiger partial charge in [-0.1, -0.05) is 13.8 Å². The van der Waals surface area contributed by atoms with Crippen LogP contribution in [0.15, 0.2) is 18.2 Å². The van der Waals surface area contributed by atoms with Crippen molar-refractivity contribution in [2.45, 2.75) is 26.1 Å². The lowest BCUT2D eigenvalue weighted by molar-refractivity contribution is -0.384. The van der Waals surface area contributed by atoms with Gasteiger partial charge in [0, 0.05) is 37.3 Å². The molecule has 0 bridgehead atoms. The highest BCUT2D eigenvalue weighted by molar-refractivity contribution is 6.17. The van der Waals surface area contributed by atoms with Crippen molar-refractivity contribution >= 4 is 23.0 Å². The van der Waals surface area contributed by atoms with E-state index in [0.717, 1.165) is 24.2 Å². The largest absolute Gasteiger partial charge is 0.374 e. The van der Waals surface area contributed by atoms with Crippen LogP contribution in [0.2, 0.25) is 0 Å². The Bertz CT molecular complexity index is 421.